The van der Waals surface area contributed by atoms with E-state index in [-0.39, 0.29) is 5.54 Å². The number of nitrogens with one attached hydrogen (secondary N) is 1. The van der Waals surface area contributed by atoms with E-state index >= 15 is 0 Å². The van der Waals surface area contributed by atoms with Crippen LogP contribution in [0, 0.1) is 0 Å². The second-order valence-corrected chi connectivity index (χ2v) is 6.89. The first kappa shape index (κ1) is 15.5. The van der Waals surface area contributed by atoms with Crippen molar-refractivity contribution in [1.29, 1.82) is 0 Å². The first-order valence-corrected chi connectivity index (χ1v) is 7.99. The summed E-state index contributed by atoms with van der Waals surface area (Å²) in [4.78, 5) is 2.63. The minimum Gasteiger partial charge on any atom is -0.311 e. The maximum atomic E-state index is 3.54. The molecule has 0 bridgehead atoms. The van der Waals surface area contributed by atoms with Crippen molar-refractivity contribution in [2.75, 3.05) is 20.1 Å². The van der Waals surface area contributed by atoms with Crippen LogP contribution in [0.3, 0.4) is 0 Å². The summed E-state index contributed by atoms with van der Waals surface area (Å²) < 4.78 is 0. The van der Waals surface area contributed by atoms with E-state index in [4.69, 9.17) is 0 Å². The molecule has 2 rings (SSSR count). The van der Waals surface area contributed by atoms with Crippen LogP contribution in [0.25, 0.3) is 0 Å². The highest BCUT2D eigenvalue weighted by molar-refractivity contribution is 5.29. The van der Waals surface area contributed by atoms with E-state index in [2.05, 4.69) is 69.2 Å². The molecule has 1 aromatic carbocycles. The summed E-state index contributed by atoms with van der Waals surface area (Å²) in [6, 6.07) is 9.54. The molecule has 1 aromatic rings. The summed E-state index contributed by atoms with van der Waals surface area (Å²) in [5, 5.41) is 3.54. The molecule has 1 atom stereocenters. The van der Waals surface area contributed by atoms with Gasteiger partial charge in [-0.15, -0.1) is 0 Å². The van der Waals surface area contributed by atoms with Crippen molar-refractivity contribution in [3.05, 3.63) is 35.4 Å². The lowest BCUT2D eigenvalue weighted by Crippen LogP contribution is -2.50. The average molecular weight is 274 g/mol. The zero-order chi connectivity index (χ0) is 14.8. The zero-order valence-corrected chi connectivity index (χ0v) is 13.7. The number of likely N-dealkylation sites (N-methyl/N-ethyl adjacent to an activating group) is 1. The molecule has 1 N–H and O–H groups in total. The van der Waals surface area contributed by atoms with Crippen molar-refractivity contribution in [1.82, 2.24) is 10.2 Å². The number of likely N-dealkylation sites (tertiary alicyclic amines) is 1. The fourth-order valence-corrected chi connectivity index (χ4v) is 3.48. The van der Waals surface area contributed by atoms with Gasteiger partial charge in [0.05, 0.1) is 0 Å². The van der Waals surface area contributed by atoms with E-state index in [0.717, 1.165) is 0 Å². The number of hydrogen-bond acceptors (Lipinski definition) is 2. The van der Waals surface area contributed by atoms with Crippen LogP contribution in [0.2, 0.25) is 0 Å². The lowest BCUT2D eigenvalue weighted by molar-refractivity contribution is 0.110. The Balaban J connectivity index is 2.22. The van der Waals surface area contributed by atoms with Crippen molar-refractivity contribution >= 4 is 0 Å². The molecular weight excluding hydrogens is 244 g/mol. The molecule has 0 aliphatic carbocycles. The maximum absolute atomic E-state index is 3.54. The van der Waals surface area contributed by atoms with Gasteiger partial charge in [-0.1, -0.05) is 38.1 Å². The second kappa shape index (κ2) is 6.28. The Kier molecular flexibility index (Phi) is 4.87. The molecule has 1 aliphatic rings. The molecule has 0 radical (unpaired) electrons. The van der Waals surface area contributed by atoms with Crippen LogP contribution in [-0.2, 0) is 0 Å². The fraction of sp³-hybridized carbons (Fsp3) is 0.667. The summed E-state index contributed by atoms with van der Waals surface area (Å²) in [6.45, 7) is 11.7. The standard InChI is InChI=1S/C18H30N2/c1-14(2)15-8-10-16(11-9-15)17(19-5)18(3,4)20-12-6-7-13-20/h8-11,14,17,19H,6-7,12-13H2,1-5H3. The van der Waals surface area contributed by atoms with E-state index in [0.29, 0.717) is 12.0 Å². The normalized spacial score (nSPS) is 18.7. The molecule has 0 spiro atoms. The third kappa shape index (κ3) is 3.07. The molecule has 1 fully saturated rings. The quantitative estimate of drug-likeness (QED) is 0.874. The van der Waals surface area contributed by atoms with Crippen LogP contribution in [0.5, 0.6) is 0 Å². The molecule has 1 unspecified atom stereocenters. The fourth-order valence-electron chi connectivity index (χ4n) is 3.48. The van der Waals surface area contributed by atoms with Crippen LogP contribution in [-0.4, -0.2) is 30.6 Å². The van der Waals surface area contributed by atoms with Gasteiger partial charge in [-0.25, -0.2) is 0 Å². The van der Waals surface area contributed by atoms with Gasteiger partial charge in [0.1, 0.15) is 0 Å². The molecule has 1 aliphatic heterocycles. The predicted octanol–water partition coefficient (Wildman–Crippen LogP) is 3.94. The van der Waals surface area contributed by atoms with Crippen molar-refractivity contribution in [3.8, 4) is 0 Å². The van der Waals surface area contributed by atoms with Crippen LogP contribution >= 0.6 is 0 Å². The van der Waals surface area contributed by atoms with Gasteiger partial charge in [0.2, 0.25) is 0 Å². The van der Waals surface area contributed by atoms with Crippen LogP contribution in [0.1, 0.15) is 63.6 Å². The van der Waals surface area contributed by atoms with Gasteiger partial charge in [-0.2, -0.15) is 0 Å². The van der Waals surface area contributed by atoms with Crippen molar-refractivity contribution in [2.24, 2.45) is 0 Å². The van der Waals surface area contributed by atoms with Gasteiger partial charge < -0.3 is 5.32 Å². The third-order valence-electron chi connectivity index (χ3n) is 4.85. The largest absolute Gasteiger partial charge is 0.311 e. The van der Waals surface area contributed by atoms with Crippen LogP contribution in [0.15, 0.2) is 24.3 Å². The molecular formula is C18H30N2. The van der Waals surface area contributed by atoms with Crippen molar-refractivity contribution in [2.45, 2.75) is 58.0 Å². The van der Waals surface area contributed by atoms with Gasteiger partial charge in [0.25, 0.3) is 0 Å². The molecule has 20 heavy (non-hydrogen) atoms. The lowest BCUT2D eigenvalue weighted by Gasteiger charge is -2.42. The minimum atomic E-state index is 0.157. The molecule has 2 heteroatoms. The van der Waals surface area contributed by atoms with Gasteiger partial charge >= 0.3 is 0 Å². The van der Waals surface area contributed by atoms with Crippen LogP contribution in [0.4, 0.5) is 0 Å². The Morgan fingerprint density at radius 1 is 1.00 bits per heavy atom. The lowest BCUT2D eigenvalue weighted by atomic mass is 9.86. The van der Waals surface area contributed by atoms with Gasteiger partial charge in [-0.3, -0.25) is 4.90 Å². The summed E-state index contributed by atoms with van der Waals surface area (Å²) in [6.07, 6.45) is 2.68. The first-order chi connectivity index (χ1) is 9.46. The van der Waals surface area contributed by atoms with E-state index in [1.165, 1.54) is 37.1 Å². The highest BCUT2D eigenvalue weighted by Crippen LogP contribution is 2.33. The third-order valence-corrected chi connectivity index (χ3v) is 4.85. The molecule has 0 amide bonds. The smallest absolute Gasteiger partial charge is 0.0499 e. The number of nitrogens with zero attached hydrogens (tertiary/aromatic N) is 1. The topological polar surface area (TPSA) is 15.3 Å². The second-order valence-electron chi connectivity index (χ2n) is 6.89. The molecule has 0 saturated carbocycles. The zero-order valence-electron chi connectivity index (χ0n) is 13.7. The molecule has 1 heterocycles. The summed E-state index contributed by atoms with van der Waals surface area (Å²) >= 11 is 0. The Morgan fingerprint density at radius 2 is 1.50 bits per heavy atom. The molecule has 1 saturated heterocycles. The maximum Gasteiger partial charge on any atom is 0.0499 e. The van der Waals surface area contributed by atoms with Gasteiger partial charge in [0, 0.05) is 11.6 Å². The Bertz CT molecular complexity index is 414. The molecule has 0 aromatic heterocycles. The SMILES string of the molecule is CNC(c1ccc(C(C)C)cc1)C(C)(C)N1CCCC1. The van der Waals surface area contributed by atoms with E-state index < -0.39 is 0 Å². The van der Waals surface area contributed by atoms with Crippen molar-refractivity contribution in [3.63, 3.8) is 0 Å². The molecule has 2 nitrogen and oxygen atoms in total. The first-order valence-electron chi connectivity index (χ1n) is 7.99. The Hall–Kier alpha value is -0.860. The van der Waals surface area contributed by atoms with Crippen LogP contribution < -0.4 is 5.32 Å². The van der Waals surface area contributed by atoms with Gasteiger partial charge in [-0.05, 0) is 63.9 Å². The van der Waals surface area contributed by atoms with E-state index in [1.807, 2.05) is 0 Å². The van der Waals surface area contributed by atoms with E-state index in [9.17, 15) is 0 Å². The monoisotopic (exact) mass is 274 g/mol. The van der Waals surface area contributed by atoms with E-state index in [1.54, 1.807) is 0 Å². The van der Waals surface area contributed by atoms with Gasteiger partial charge in [0.15, 0.2) is 0 Å². The Labute approximate surface area is 124 Å². The average Bonchev–Trinajstić information content (AvgIpc) is 2.94. The molecule has 112 valence electrons. The van der Waals surface area contributed by atoms with Crippen molar-refractivity contribution < 1.29 is 0 Å². The predicted molar refractivity (Wildman–Crippen MR) is 87.2 cm³/mol. The number of benzene rings is 1. The Morgan fingerprint density at radius 3 is 1.95 bits per heavy atom. The highest BCUT2D eigenvalue weighted by Gasteiger charge is 2.36. The number of rotatable bonds is 5. The summed E-state index contributed by atoms with van der Waals surface area (Å²) in [5.74, 6) is 0.601. The summed E-state index contributed by atoms with van der Waals surface area (Å²) in [5.41, 5.74) is 2.97. The minimum absolute atomic E-state index is 0.157. The number of hydrogen-bond donors (Lipinski definition) is 1. The highest BCUT2D eigenvalue weighted by atomic mass is 15.2. The summed E-state index contributed by atoms with van der Waals surface area (Å²) in [7, 11) is 2.08.